The van der Waals surface area contributed by atoms with Gasteiger partial charge in [-0.15, -0.1) is 0 Å². The fraction of sp³-hybridized carbons (Fsp3) is 0.714. The minimum atomic E-state index is -0.725. The average molecular weight is 237 g/mol. The van der Waals surface area contributed by atoms with Crippen LogP contribution < -0.4 is 0 Å². The van der Waals surface area contributed by atoms with Crippen molar-refractivity contribution in [3.63, 3.8) is 0 Å². The van der Waals surface area contributed by atoms with Crippen molar-refractivity contribution in [2.75, 3.05) is 0 Å². The number of allylic oxidation sites excluding steroid dienone is 2. The van der Waals surface area contributed by atoms with Gasteiger partial charge >= 0.3 is 5.97 Å². The Bertz CT molecular complexity index is 304. The Morgan fingerprint density at radius 2 is 2.12 bits per heavy atom. The smallest absolute Gasteiger partial charge is 0.309 e. The van der Waals surface area contributed by atoms with Crippen LogP contribution in [0.25, 0.3) is 0 Å². The molecular formula is C14H23NO2. The first kappa shape index (κ1) is 15.7. The summed E-state index contributed by atoms with van der Waals surface area (Å²) in [5, 5.41) is 17.8. The lowest BCUT2D eigenvalue weighted by Crippen LogP contribution is -2.26. The number of nitrogens with zero attached hydrogens (tertiary/aromatic N) is 1. The van der Waals surface area contributed by atoms with Crippen LogP contribution >= 0.6 is 0 Å². The molecular weight excluding hydrogens is 214 g/mol. The molecule has 0 radical (unpaired) electrons. The predicted octanol–water partition coefficient (Wildman–Crippen LogP) is 3.76. The first-order valence-corrected chi connectivity index (χ1v) is 6.28. The van der Waals surface area contributed by atoms with Crippen molar-refractivity contribution >= 4 is 5.97 Å². The summed E-state index contributed by atoms with van der Waals surface area (Å²) in [6.45, 7) is 5.69. The van der Waals surface area contributed by atoms with E-state index >= 15 is 0 Å². The molecule has 0 rings (SSSR count). The minimum absolute atomic E-state index is 0.0864. The van der Waals surface area contributed by atoms with Crippen LogP contribution in [0.2, 0.25) is 0 Å². The van der Waals surface area contributed by atoms with Gasteiger partial charge in [0.15, 0.2) is 0 Å². The third kappa shape index (κ3) is 5.53. The van der Waals surface area contributed by atoms with Crippen molar-refractivity contribution in [2.45, 2.75) is 52.9 Å². The zero-order valence-electron chi connectivity index (χ0n) is 11.1. The minimum Gasteiger partial charge on any atom is -0.481 e. The Morgan fingerprint density at radius 3 is 2.53 bits per heavy atom. The van der Waals surface area contributed by atoms with E-state index in [1.165, 1.54) is 0 Å². The molecule has 0 saturated heterocycles. The largest absolute Gasteiger partial charge is 0.481 e. The van der Waals surface area contributed by atoms with Crippen molar-refractivity contribution in [3.05, 3.63) is 12.2 Å². The van der Waals surface area contributed by atoms with Crippen LogP contribution in [0.3, 0.4) is 0 Å². The number of nitriles is 1. The molecule has 17 heavy (non-hydrogen) atoms. The molecule has 96 valence electrons. The molecule has 0 aromatic heterocycles. The van der Waals surface area contributed by atoms with E-state index in [0.717, 1.165) is 19.3 Å². The van der Waals surface area contributed by atoms with Gasteiger partial charge < -0.3 is 5.11 Å². The van der Waals surface area contributed by atoms with Gasteiger partial charge in [-0.1, -0.05) is 26.0 Å². The zero-order chi connectivity index (χ0) is 13.3. The standard InChI is InChI=1S/C14H23NO2/c1-4-12(11-15)9-7-6-8-10-14(3,5-2)13(16)17/h6-7,12H,4-5,8-10H2,1-3H3,(H,16,17). The van der Waals surface area contributed by atoms with Crippen molar-refractivity contribution in [1.29, 1.82) is 5.26 Å². The Balaban J connectivity index is 4.02. The Labute approximate surface area is 104 Å². The Hall–Kier alpha value is -1.30. The molecule has 0 aliphatic rings. The molecule has 0 bridgehead atoms. The molecule has 0 aromatic carbocycles. The number of hydrogen-bond acceptors (Lipinski definition) is 2. The van der Waals surface area contributed by atoms with Crippen LogP contribution in [0, 0.1) is 22.7 Å². The molecule has 0 heterocycles. The molecule has 0 aliphatic heterocycles. The van der Waals surface area contributed by atoms with Gasteiger partial charge in [0, 0.05) is 5.92 Å². The quantitative estimate of drug-likeness (QED) is 0.654. The number of carboxylic acids is 1. The van der Waals surface area contributed by atoms with Crippen LogP contribution in [0.5, 0.6) is 0 Å². The number of rotatable bonds is 8. The third-order valence-corrected chi connectivity index (χ3v) is 3.42. The number of hydrogen-bond donors (Lipinski definition) is 1. The fourth-order valence-electron chi connectivity index (χ4n) is 1.53. The summed E-state index contributed by atoms with van der Waals surface area (Å²) in [6.07, 6.45) is 7.68. The average Bonchev–Trinajstić information content (AvgIpc) is 2.33. The van der Waals surface area contributed by atoms with Gasteiger partial charge in [-0.25, -0.2) is 0 Å². The first-order valence-electron chi connectivity index (χ1n) is 6.28. The lowest BCUT2D eigenvalue weighted by atomic mass is 9.83. The SMILES string of the molecule is CCC(C#N)CC=CCCC(C)(CC)C(=O)O. The molecule has 2 atom stereocenters. The third-order valence-electron chi connectivity index (χ3n) is 3.42. The van der Waals surface area contributed by atoms with E-state index in [-0.39, 0.29) is 5.92 Å². The normalized spacial score (nSPS) is 16.4. The van der Waals surface area contributed by atoms with E-state index in [4.69, 9.17) is 10.4 Å². The highest BCUT2D eigenvalue weighted by Gasteiger charge is 2.29. The Morgan fingerprint density at radius 1 is 1.47 bits per heavy atom. The lowest BCUT2D eigenvalue weighted by molar-refractivity contribution is -0.148. The van der Waals surface area contributed by atoms with E-state index in [2.05, 4.69) is 6.07 Å². The van der Waals surface area contributed by atoms with Gasteiger partial charge in [-0.2, -0.15) is 5.26 Å². The predicted molar refractivity (Wildman–Crippen MR) is 68.4 cm³/mol. The van der Waals surface area contributed by atoms with Crippen LogP contribution in [0.15, 0.2) is 12.2 Å². The van der Waals surface area contributed by atoms with Gasteiger partial charge in [0.1, 0.15) is 0 Å². The maximum absolute atomic E-state index is 11.0. The van der Waals surface area contributed by atoms with Crippen LogP contribution in [0.1, 0.15) is 52.9 Å². The van der Waals surface area contributed by atoms with E-state index < -0.39 is 11.4 Å². The number of carbonyl (C=O) groups is 1. The summed E-state index contributed by atoms with van der Waals surface area (Å²) in [5.74, 6) is -0.639. The van der Waals surface area contributed by atoms with E-state index in [9.17, 15) is 4.79 Å². The van der Waals surface area contributed by atoms with E-state index in [1.807, 2.05) is 26.0 Å². The number of carboxylic acid groups (broad SMARTS) is 1. The van der Waals surface area contributed by atoms with Crippen LogP contribution in [0.4, 0.5) is 0 Å². The van der Waals surface area contributed by atoms with Crippen molar-refractivity contribution in [2.24, 2.45) is 11.3 Å². The highest BCUT2D eigenvalue weighted by Crippen LogP contribution is 2.27. The molecule has 3 heteroatoms. The second-order valence-electron chi connectivity index (χ2n) is 4.70. The van der Waals surface area contributed by atoms with Crippen LogP contribution in [-0.2, 0) is 4.79 Å². The molecule has 0 aliphatic carbocycles. The monoisotopic (exact) mass is 237 g/mol. The summed E-state index contributed by atoms with van der Waals surface area (Å²) in [4.78, 5) is 11.0. The van der Waals surface area contributed by atoms with Gasteiger partial charge in [0.2, 0.25) is 0 Å². The molecule has 0 spiro atoms. The summed E-state index contributed by atoms with van der Waals surface area (Å²) in [6, 6.07) is 2.24. The molecule has 3 nitrogen and oxygen atoms in total. The summed E-state index contributed by atoms with van der Waals surface area (Å²) >= 11 is 0. The van der Waals surface area contributed by atoms with Gasteiger partial charge in [0.05, 0.1) is 11.5 Å². The Kier molecular flexibility index (Phi) is 7.29. The van der Waals surface area contributed by atoms with Crippen molar-refractivity contribution < 1.29 is 9.90 Å². The summed E-state index contributed by atoms with van der Waals surface area (Å²) in [5.41, 5.74) is -0.621. The van der Waals surface area contributed by atoms with E-state index in [0.29, 0.717) is 12.8 Å². The first-order chi connectivity index (χ1) is 8.00. The molecule has 0 aromatic rings. The van der Waals surface area contributed by atoms with Crippen molar-refractivity contribution in [3.8, 4) is 6.07 Å². The molecule has 0 saturated carbocycles. The fourth-order valence-corrected chi connectivity index (χ4v) is 1.53. The lowest BCUT2D eigenvalue weighted by Gasteiger charge is -2.21. The zero-order valence-corrected chi connectivity index (χ0v) is 11.1. The summed E-state index contributed by atoms with van der Waals surface area (Å²) < 4.78 is 0. The van der Waals surface area contributed by atoms with Crippen LogP contribution in [-0.4, -0.2) is 11.1 Å². The molecule has 0 fully saturated rings. The van der Waals surface area contributed by atoms with Gasteiger partial charge in [0.25, 0.3) is 0 Å². The maximum atomic E-state index is 11.0. The second kappa shape index (κ2) is 7.89. The molecule has 1 N–H and O–H groups in total. The van der Waals surface area contributed by atoms with Gasteiger partial charge in [-0.3, -0.25) is 4.79 Å². The molecule has 2 unspecified atom stereocenters. The number of aliphatic carboxylic acids is 1. The highest BCUT2D eigenvalue weighted by atomic mass is 16.4. The second-order valence-corrected chi connectivity index (χ2v) is 4.70. The molecule has 0 amide bonds. The van der Waals surface area contributed by atoms with E-state index in [1.54, 1.807) is 6.92 Å². The topological polar surface area (TPSA) is 61.1 Å². The maximum Gasteiger partial charge on any atom is 0.309 e. The summed E-state index contributed by atoms with van der Waals surface area (Å²) in [7, 11) is 0. The van der Waals surface area contributed by atoms with Gasteiger partial charge in [-0.05, 0) is 39.0 Å². The highest BCUT2D eigenvalue weighted by molar-refractivity contribution is 5.73. The van der Waals surface area contributed by atoms with Crippen molar-refractivity contribution in [1.82, 2.24) is 0 Å².